The molecule has 0 aromatic heterocycles. The normalized spacial score (nSPS) is 27.6. The van der Waals surface area contributed by atoms with Gasteiger partial charge in [-0.3, -0.25) is 19.3 Å². The lowest BCUT2D eigenvalue weighted by molar-refractivity contribution is -0.137. The van der Waals surface area contributed by atoms with Crippen LogP contribution in [0.25, 0.3) is 0 Å². The number of piperidine rings is 1. The minimum Gasteiger partial charge on any atom is -0.338 e. The highest BCUT2D eigenvalue weighted by molar-refractivity contribution is 6.11. The number of likely N-dealkylation sites (tertiary alicyclic amines) is 1. The molecule has 2 atom stereocenters. The molecular formula is C21H27N3O3. The molecule has 0 spiro atoms. The third-order valence-electron chi connectivity index (χ3n) is 6.46. The fourth-order valence-electron chi connectivity index (χ4n) is 4.92. The monoisotopic (exact) mass is 369 g/mol. The van der Waals surface area contributed by atoms with E-state index in [2.05, 4.69) is 6.92 Å². The second-order valence-corrected chi connectivity index (χ2v) is 8.00. The Morgan fingerprint density at radius 2 is 2.00 bits per heavy atom. The molecule has 0 radical (unpaired) electrons. The smallest absolute Gasteiger partial charge is 0.258 e. The number of rotatable bonds is 3. The Morgan fingerprint density at radius 3 is 2.78 bits per heavy atom. The third kappa shape index (κ3) is 2.73. The van der Waals surface area contributed by atoms with Crippen LogP contribution < -0.4 is 4.90 Å². The van der Waals surface area contributed by atoms with Crippen LogP contribution in [0.5, 0.6) is 0 Å². The van der Waals surface area contributed by atoms with Crippen molar-refractivity contribution in [2.24, 2.45) is 0 Å². The first kappa shape index (κ1) is 18.0. The van der Waals surface area contributed by atoms with Crippen LogP contribution in [0.3, 0.4) is 0 Å². The van der Waals surface area contributed by atoms with Crippen molar-refractivity contribution in [2.75, 3.05) is 18.0 Å². The summed E-state index contributed by atoms with van der Waals surface area (Å²) in [6, 6.07) is 7.48. The zero-order valence-electron chi connectivity index (χ0n) is 16.1. The minimum absolute atomic E-state index is 0.00481. The molecule has 3 aliphatic rings. The Kier molecular flexibility index (Phi) is 4.44. The summed E-state index contributed by atoms with van der Waals surface area (Å²) in [6.45, 7) is 4.81. The van der Waals surface area contributed by atoms with Gasteiger partial charge in [0.05, 0.1) is 11.3 Å². The largest absolute Gasteiger partial charge is 0.338 e. The van der Waals surface area contributed by atoms with Gasteiger partial charge in [0.2, 0.25) is 11.8 Å². The van der Waals surface area contributed by atoms with Crippen LogP contribution in [0.15, 0.2) is 24.3 Å². The van der Waals surface area contributed by atoms with Gasteiger partial charge < -0.3 is 9.80 Å². The molecule has 27 heavy (non-hydrogen) atoms. The Morgan fingerprint density at radius 1 is 1.22 bits per heavy atom. The Balaban J connectivity index is 1.67. The highest BCUT2D eigenvalue weighted by Gasteiger charge is 2.53. The van der Waals surface area contributed by atoms with Gasteiger partial charge in [0, 0.05) is 19.0 Å². The number of carbonyl (C=O) groups is 3. The van der Waals surface area contributed by atoms with Gasteiger partial charge in [0.15, 0.2) is 0 Å². The van der Waals surface area contributed by atoms with E-state index in [0.29, 0.717) is 24.1 Å². The van der Waals surface area contributed by atoms with Gasteiger partial charge in [-0.25, -0.2) is 0 Å². The van der Waals surface area contributed by atoms with E-state index >= 15 is 0 Å². The van der Waals surface area contributed by atoms with Crippen molar-refractivity contribution < 1.29 is 14.4 Å². The van der Waals surface area contributed by atoms with Crippen LogP contribution in [-0.2, 0) is 9.59 Å². The SMILES string of the molecule is CCC1CCCCN1C(=O)CN1C(=O)c2ccccc2N2C(=O)CCC12C. The zero-order chi connectivity index (χ0) is 19.2. The van der Waals surface area contributed by atoms with Crippen molar-refractivity contribution in [3.8, 4) is 0 Å². The minimum atomic E-state index is -0.768. The van der Waals surface area contributed by atoms with Crippen LogP contribution in [0.2, 0.25) is 0 Å². The molecule has 4 rings (SSSR count). The number of amides is 3. The summed E-state index contributed by atoms with van der Waals surface area (Å²) >= 11 is 0. The lowest BCUT2D eigenvalue weighted by atomic mass is 9.97. The lowest BCUT2D eigenvalue weighted by Gasteiger charge is -2.49. The summed E-state index contributed by atoms with van der Waals surface area (Å²) in [5, 5.41) is 0. The molecule has 6 nitrogen and oxygen atoms in total. The number of nitrogens with zero attached hydrogens (tertiary/aromatic N) is 3. The highest BCUT2D eigenvalue weighted by Crippen LogP contribution is 2.44. The number of anilines is 1. The van der Waals surface area contributed by atoms with Gasteiger partial charge in [-0.2, -0.15) is 0 Å². The summed E-state index contributed by atoms with van der Waals surface area (Å²) in [7, 11) is 0. The van der Waals surface area contributed by atoms with Gasteiger partial charge in [-0.1, -0.05) is 19.1 Å². The van der Waals surface area contributed by atoms with Crippen LogP contribution in [-0.4, -0.2) is 52.3 Å². The predicted molar refractivity (Wildman–Crippen MR) is 102 cm³/mol. The quantitative estimate of drug-likeness (QED) is 0.823. The molecule has 0 saturated carbocycles. The van der Waals surface area contributed by atoms with Gasteiger partial charge in [-0.05, 0) is 51.2 Å². The molecule has 0 aliphatic carbocycles. The molecule has 0 bridgehead atoms. The van der Waals surface area contributed by atoms with Crippen molar-refractivity contribution in [1.29, 1.82) is 0 Å². The van der Waals surface area contributed by atoms with E-state index in [1.165, 1.54) is 0 Å². The summed E-state index contributed by atoms with van der Waals surface area (Å²) in [5.41, 5.74) is 0.402. The molecule has 3 heterocycles. The Bertz CT molecular complexity index is 793. The van der Waals surface area contributed by atoms with Gasteiger partial charge in [0.1, 0.15) is 12.2 Å². The molecule has 6 heteroatoms. The fraction of sp³-hybridized carbons (Fsp3) is 0.571. The first-order valence-electron chi connectivity index (χ1n) is 10.0. The highest BCUT2D eigenvalue weighted by atomic mass is 16.2. The summed E-state index contributed by atoms with van der Waals surface area (Å²) in [4.78, 5) is 44.3. The summed E-state index contributed by atoms with van der Waals surface area (Å²) < 4.78 is 0. The molecular weight excluding hydrogens is 342 g/mol. The van der Waals surface area contributed by atoms with E-state index in [0.717, 1.165) is 32.2 Å². The number of benzene rings is 1. The lowest BCUT2D eigenvalue weighted by Crippen LogP contribution is -2.64. The maximum atomic E-state index is 13.3. The first-order chi connectivity index (χ1) is 13.0. The van der Waals surface area contributed by atoms with E-state index in [9.17, 15) is 14.4 Å². The average Bonchev–Trinajstić information content (AvgIpc) is 3.00. The first-order valence-corrected chi connectivity index (χ1v) is 10.0. The topological polar surface area (TPSA) is 60.9 Å². The number of fused-ring (bicyclic) bond motifs is 3. The molecule has 3 aliphatic heterocycles. The maximum Gasteiger partial charge on any atom is 0.258 e. The molecule has 2 fully saturated rings. The molecule has 144 valence electrons. The number of hydrogen-bond donors (Lipinski definition) is 0. The zero-order valence-corrected chi connectivity index (χ0v) is 16.1. The Labute approximate surface area is 160 Å². The van der Waals surface area contributed by atoms with Crippen LogP contribution in [0.1, 0.15) is 62.7 Å². The molecule has 0 N–H and O–H groups in total. The van der Waals surface area contributed by atoms with E-state index in [1.54, 1.807) is 21.9 Å². The van der Waals surface area contributed by atoms with Crippen molar-refractivity contribution in [1.82, 2.24) is 9.80 Å². The molecule has 2 saturated heterocycles. The van der Waals surface area contributed by atoms with E-state index < -0.39 is 5.66 Å². The van der Waals surface area contributed by atoms with Crippen LogP contribution in [0, 0.1) is 0 Å². The predicted octanol–water partition coefficient (Wildman–Crippen LogP) is 2.78. The third-order valence-corrected chi connectivity index (χ3v) is 6.46. The van der Waals surface area contributed by atoms with Crippen LogP contribution in [0.4, 0.5) is 5.69 Å². The summed E-state index contributed by atoms with van der Waals surface area (Å²) in [6.07, 6.45) is 5.07. The number of carbonyl (C=O) groups excluding carboxylic acids is 3. The molecule has 2 unspecified atom stereocenters. The number of hydrogen-bond acceptors (Lipinski definition) is 3. The fourth-order valence-corrected chi connectivity index (χ4v) is 4.92. The van der Waals surface area contributed by atoms with E-state index in [4.69, 9.17) is 0 Å². The van der Waals surface area contributed by atoms with E-state index in [-0.39, 0.29) is 30.3 Å². The van der Waals surface area contributed by atoms with Crippen molar-refractivity contribution in [2.45, 2.75) is 64.1 Å². The van der Waals surface area contributed by atoms with Crippen molar-refractivity contribution >= 4 is 23.4 Å². The number of para-hydroxylation sites is 1. The van der Waals surface area contributed by atoms with Crippen molar-refractivity contribution in [3.63, 3.8) is 0 Å². The second-order valence-electron chi connectivity index (χ2n) is 8.00. The Hall–Kier alpha value is -2.37. The van der Waals surface area contributed by atoms with Crippen LogP contribution >= 0.6 is 0 Å². The van der Waals surface area contributed by atoms with Crippen molar-refractivity contribution in [3.05, 3.63) is 29.8 Å². The second kappa shape index (κ2) is 6.66. The van der Waals surface area contributed by atoms with Gasteiger partial charge in [-0.15, -0.1) is 0 Å². The molecule has 1 aromatic rings. The van der Waals surface area contributed by atoms with Gasteiger partial charge in [0.25, 0.3) is 5.91 Å². The maximum absolute atomic E-state index is 13.3. The van der Waals surface area contributed by atoms with Gasteiger partial charge >= 0.3 is 0 Å². The standard InChI is InChI=1S/C21H27N3O3/c1-3-15-8-6-7-13-22(15)19(26)14-23-20(27)16-9-4-5-10-17(16)24-18(25)11-12-21(23,24)2/h4-5,9-10,15H,3,6-8,11-14H2,1-2H3. The van der Waals surface area contributed by atoms with E-state index in [1.807, 2.05) is 24.0 Å². The molecule has 3 amide bonds. The molecule has 1 aromatic carbocycles. The average molecular weight is 369 g/mol. The summed E-state index contributed by atoms with van der Waals surface area (Å²) in [5.74, 6) is -0.147.